The molecule has 4 fully saturated rings. The minimum absolute atomic E-state index is 0.0400. The molecule has 1 saturated carbocycles. The highest BCUT2D eigenvalue weighted by Gasteiger charge is 2.48. The summed E-state index contributed by atoms with van der Waals surface area (Å²) < 4.78 is 43.8. The number of rotatable bonds is 16. The van der Waals surface area contributed by atoms with Crippen molar-refractivity contribution in [1.82, 2.24) is 0 Å². The number of unbranched alkanes of at least 4 members (excludes halogenated alkanes) is 1. The van der Waals surface area contributed by atoms with Gasteiger partial charge in [-0.1, -0.05) is 32.9 Å². The van der Waals surface area contributed by atoms with Crippen molar-refractivity contribution in [3.63, 3.8) is 0 Å². The molecule has 4 aliphatic rings. The van der Waals surface area contributed by atoms with Crippen LogP contribution in [0, 0.1) is 11.8 Å². The van der Waals surface area contributed by atoms with Crippen LogP contribution in [0.15, 0.2) is 12.2 Å². The number of hydrogen-bond donors (Lipinski definition) is 1. The molecule has 3 heterocycles. The third-order valence-corrected chi connectivity index (χ3v) is 14.9. The summed E-state index contributed by atoms with van der Waals surface area (Å²) in [4.78, 5) is 0. The fourth-order valence-corrected chi connectivity index (χ4v) is 7.58. The molecule has 0 spiro atoms. The summed E-state index contributed by atoms with van der Waals surface area (Å²) in [5.41, 5.74) is 0. The smallest absolute Gasteiger partial charge is 0.191 e. The monoisotopic (exact) mass is 640 g/mol. The fraction of sp³-hybridized carbons (Fsp3) is 0.943. The van der Waals surface area contributed by atoms with E-state index in [1.807, 2.05) is 0 Å². The van der Waals surface area contributed by atoms with Crippen LogP contribution in [0.4, 0.5) is 0 Å². The second-order valence-electron chi connectivity index (χ2n) is 15.0. The molecule has 0 radical (unpaired) electrons. The average molecular weight is 641 g/mol. The van der Waals surface area contributed by atoms with Crippen LogP contribution < -0.4 is 0 Å². The number of aliphatic hydroxyl groups excluding tert-OH is 1. The van der Waals surface area contributed by atoms with Crippen LogP contribution in [0.5, 0.6) is 0 Å². The highest BCUT2D eigenvalue weighted by molar-refractivity contribution is 6.74. The van der Waals surface area contributed by atoms with Crippen LogP contribution in [0.3, 0.4) is 0 Å². The third kappa shape index (κ3) is 11.7. The van der Waals surface area contributed by atoms with Crippen LogP contribution in [-0.4, -0.2) is 83.6 Å². The molecule has 0 amide bonds. The lowest BCUT2D eigenvalue weighted by atomic mass is 9.90. The van der Waals surface area contributed by atoms with Gasteiger partial charge in [0, 0.05) is 38.8 Å². The van der Waals surface area contributed by atoms with Crippen LogP contribution >= 0.6 is 0 Å². The fourth-order valence-electron chi connectivity index (χ4n) is 6.54. The van der Waals surface area contributed by atoms with Crippen LogP contribution in [0.1, 0.15) is 111 Å². The Labute approximate surface area is 269 Å². The molecule has 256 valence electrons. The Morgan fingerprint density at radius 2 is 1.36 bits per heavy atom. The molecule has 8 atom stereocenters. The van der Waals surface area contributed by atoms with Crippen molar-refractivity contribution in [3.05, 3.63) is 12.2 Å². The molecular formula is C35H64O8Si. The van der Waals surface area contributed by atoms with Crippen molar-refractivity contribution in [2.45, 2.75) is 166 Å². The van der Waals surface area contributed by atoms with E-state index >= 15 is 0 Å². The first-order chi connectivity index (χ1) is 21.1. The summed E-state index contributed by atoms with van der Waals surface area (Å²) in [7, 11) is -1.94. The summed E-state index contributed by atoms with van der Waals surface area (Å²) in [5, 5.41) is 10.6. The van der Waals surface area contributed by atoms with E-state index in [1.54, 1.807) is 0 Å². The van der Waals surface area contributed by atoms with E-state index in [0.717, 1.165) is 110 Å². The lowest BCUT2D eigenvalue weighted by Gasteiger charge is -2.39. The number of allylic oxidation sites excluding steroid dienone is 2. The standard InChI is InChI=1S/C35H64O8Si/c1-35(2,3)44(4,5)41-26-29-28(17-9-7-6-8-16-27(36)25-40-32-18-10-13-21-37-32)30(42-33-19-11-14-22-38-33)24-31(29)43-34-20-12-15-23-39-34/h7,9,27-34,36H,6,8,10-26H2,1-5H3/t27?,28-,29-,30+,31-,32?,33?,34?/m1/s1. The van der Waals surface area contributed by atoms with Gasteiger partial charge < -0.3 is 38.0 Å². The van der Waals surface area contributed by atoms with Gasteiger partial charge in [-0.2, -0.15) is 0 Å². The van der Waals surface area contributed by atoms with Crippen molar-refractivity contribution in [2.75, 3.05) is 33.0 Å². The zero-order valence-electron chi connectivity index (χ0n) is 28.5. The summed E-state index contributed by atoms with van der Waals surface area (Å²) in [6.07, 6.45) is 17.8. The largest absolute Gasteiger partial charge is 0.416 e. The van der Waals surface area contributed by atoms with E-state index in [-0.39, 0.29) is 48.0 Å². The Morgan fingerprint density at radius 1 is 0.795 bits per heavy atom. The van der Waals surface area contributed by atoms with E-state index < -0.39 is 14.4 Å². The van der Waals surface area contributed by atoms with Crippen molar-refractivity contribution < 1.29 is 38.0 Å². The van der Waals surface area contributed by atoms with E-state index in [2.05, 4.69) is 46.0 Å². The van der Waals surface area contributed by atoms with E-state index in [0.29, 0.717) is 13.2 Å². The van der Waals surface area contributed by atoms with Gasteiger partial charge in [-0.05, 0) is 108 Å². The third-order valence-electron chi connectivity index (χ3n) is 10.4. The van der Waals surface area contributed by atoms with Gasteiger partial charge in [0.15, 0.2) is 27.2 Å². The second kappa shape index (κ2) is 18.3. The number of aliphatic hydroxyl groups is 1. The van der Waals surface area contributed by atoms with Crippen LogP contribution in [-0.2, 0) is 32.8 Å². The molecular weight excluding hydrogens is 576 g/mol. The van der Waals surface area contributed by atoms with Crippen LogP contribution in [0.25, 0.3) is 0 Å². The number of ether oxygens (including phenoxy) is 6. The normalized spacial score (nSPS) is 33.2. The number of hydrogen-bond acceptors (Lipinski definition) is 8. The molecule has 4 unspecified atom stereocenters. The maximum absolute atomic E-state index is 10.4. The quantitative estimate of drug-likeness (QED) is 0.106. The van der Waals surface area contributed by atoms with Crippen molar-refractivity contribution in [2.24, 2.45) is 11.8 Å². The van der Waals surface area contributed by atoms with Crippen molar-refractivity contribution in [3.8, 4) is 0 Å². The minimum Gasteiger partial charge on any atom is -0.416 e. The molecule has 0 bridgehead atoms. The van der Waals surface area contributed by atoms with Gasteiger partial charge in [-0.25, -0.2) is 0 Å². The lowest BCUT2D eigenvalue weighted by Crippen LogP contribution is -2.44. The van der Waals surface area contributed by atoms with E-state index in [1.165, 1.54) is 0 Å². The van der Waals surface area contributed by atoms with Crippen molar-refractivity contribution in [1.29, 1.82) is 0 Å². The zero-order chi connectivity index (χ0) is 31.4. The first-order valence-corrected chi connectivity index (χ1v) is 20.8. The molecule has 0 aromatic carbocycles. The highest BCUT2D eigenvalue weighted by atomic mass is 28.4. The molecule has 3 aliphatic heterocycles. The van der Waals surface area contributed by atoms with E-state index in [4.69, 9.17) is 32.8 Å². The van der Waals surface area contributed by atoms with Gasteiger partial charge in [0.05, 0.1) is 24.9 Å². The van der Waals surface area contributed by atoms with Gasteiger partial charge in [-0.15, -0.1) is 0 Å². The van der Waals surface area contributed by atoms with Crippen LogP contribution in [0.2, 0.25) is 18.1 Å². The first-order valence-electron chi connectivity index (χ1n) is 17.9. The molecule has 4 rings (SSSR count). The van der Waals surface area contributed by atoms with Gasteiger partial charge >= 0.3 is 0 Å². The van der Waals surface area contributed by atoms with Crippen molar-refractivity contribution >= 4 is 8.32 Å². The van der Waals surface area contributed by atoms with Gasteiger partial charge in [-0.3, -0.25) is 0 Å². The molecule has 1 N–H and O–H groups in total. The SMILES string of the molecule is CC(C)(C)[Si](C)(C)OC[C@@H]1[C@@H](CC=CCCCC(O)COC2CCCCO2)[C@@H](OC2CCCCO2)C[C@H]1OC1CCCCO1. The highest BCUT2D eigenvalue weighted by Crippen LogP contribution is 2.43. The van der Waals surface area contributed by atoms with Gasteiger partial charge in [0.1, 0.15) is 0 Å². The second-order valence-corrected chi connectivity index (χ2v) is 19.8. The van der Waals surface area contributed by atoms with E-state index in [9.17, 15) is 5.11 Å². The molecule has 44 heavy (non-hydrogen) atoms. The molecule has 9 heteroatoms. The molecule has 3 saturated heterocycles. The molecule has 1 aliphatic carbocycles. The van der Waals surface area contributed by atoms with Gasteiger partial charge in [0.25, 0.3) is 0 Å². The first kappa shape index (κ1) is 36.5. The maximum atomic E-state index is 10.4. The summed E-state index contributed by atoms with van der Waals surface area (Å²) in [6.45, 7) is 14.9. The molecule has 8 nitrogen and oxygen atoms in total. The molecule has 0 aromatic rings. The Balaban J connectivity index is 1.35. The zero-order valence-corrected chi connectivity index (χ0v) is 29.5. The summed E-state index contributed by atoms with van der Waals surface area (Å²) in [6, 6.07) is 0. The predicted octanol–water partition coefficient (Wildman–Crippen LogP) is 7.49. The maximum Gasteiger partial charge on any atom is 0.191 e. The Hall–Kier alpha value is -0.363. The Bertz CT molecular complexity index is 814. The Morgan fingerprint density at radius 3 is 1.91 bits per heavy atom. The summed E-state index contributed by atoms with van der Waals surface area (Å²) in [5.74, 6) is 0.512. The predicted molar refractivity (Wildman–Crippen MR) is 175 cm³/mol. The lowest BCUT2D eigenvalue weighted by molar-refractivity contribution is -0.204. The Kier molecular flexibility index (Phi) is 15.1. The van der Waals surface area contributed by atoms with Gasteiger partial charge in [0.2, 0.25) is 0 Å². The minimum atomic E-state index is -1.94. The summed E-state index contributed by atoms with van der Waals surface area (Å²) >= 11 is 0. The molecule has 0 aromatic heterocycles. The topological polar surface area (TPSA) is 84.8 Å². The average Bonchev–Trinajstić information content (AvgIpc) is 3.32.